The summed E-state index contributed by atoms with van der Waals surface area (Å²) < 4.78 is 4.84. The second-order valence-electron chi connectivity index (χ2n) is 3.60. The highest BCUT2D eigenvalue weighted by Gasteiger charge is 2.44. The average Bonchev–Trinajstić information content (AvgIpc) is 2.35. The van der Waals surface area contributed by atoms with Gasteiger partial charge in [0, 0.05) is 5.92 Å². The van der Waals surface area contributed by atoms with Gasteiger partial charge in [0.15, 0.2) is 0 Å². The Labute approximate surface area is 70.1 Å². The second kappa shape index (κ2) is 2.71. The van der Waals surface area contributed by atoms with Crippen LogP contribution in [0.15, 0.2) is 0 Å². The van der Waals surface area contributed by atoms with E-state index in [1.54, 1.807) is 0 Å². The number of carbonyl (C=O) groups excluding carboxylic acids is 1. The van der Waals surface area contributed by atoms with Crippen molar-refractivity contribution in [3.63, 3.8) is 0 Å². The summed E-state index contributed by atoms with van der Waals surface area (Å²) in [6.45, 7) is 0.410. The van der Waals surface area contributed by atoms with Crippen LogP contribution >= 0.6 is 0 Å². The van der Waals surface area contributed by atoms with Crippen molar-refractivity contribution in [2.75, 3.05) is 6.61 Å². The lowest BCUT2D eigenvalue weighted by Gasteiger charge is -2.29. The molecule has 1 heterocycles. The largest absolute Gasteiger partial charge is 0.465 e. The smallest absolute Gasteiger partial charge is 0.309 e. The van der Waals surface area contributed by atoms with Crippen LogP contribution in [0.25, 0.3) is 0 Å². The van der Waals surface area contributed by atoms with E-state index < -0.39 is 12.2 Å². The number of ether oxygens (including phenoxy) is 1. The van der Waals surface area contributed by atoms with E-state index in [1.165, 1.54) is 0 Å². The molecule has 68 valence electrons. The third-order valence-electron chi connectivity index (χ3n) is 2.80. The van der Waals surface area contributed by atoms with Crippen molar-refractivity contribution in [3.05, 3.63) is 0 Å². The minimum Gasteiger partial charge on any atom is -0.465 e. The van der Waals surface area contributed by atoms with Crippen LogP contribution < -0.4 is 0 Å². The quantitative estimate of drug-likeness (QED) is 0.474. The molecule has 1 aliphatic heterocycles. The molecule has 0 spiro atoms. The van der Waals surface area contributed by atoms with Crippen LogP contribution in [0.2, 0.25) is 0 Å². The van der Waals surface area contributed by atoms with Crippen molar-refractivity contribution in [3.8, 4) is 0 Å². The number of cyclic esters (lactones) is 1. The first kappa shape index (κ1) is 8.01. The van der Waals surface area contributed by atoms with Crippen LogP contribution in [-0.4, -0.2) is 35.0 Å². The Hall–Kier alpha value is -0.610. The van der Waals surface area contributed by atoms with Gasteiger partial charge in [-0.15, -0.1) is 0 Å². The van der Waals surface area contributed by atoms with Gasteiger partial charge in [0.25, 0.3) is 0 Å². The Bertz CT molecular complexity index is 203. The van der Waals surface area contributed by atoms with Crippen molar-refractivity contribution in [2.24, 2.45) is 11.8 Å². The van der Waals surface area contributed by atoms with E-state index in [0.29, 0.717) is 19.4 Å². The molecule has 0 aromatic heterocycles. The molecule has 1 saturated heterocycles. The number of hydrogen-bond acceptors (Lipinski definition) is 4. The minimum absolute atomic E-state index is 0.121. The van der Waals surface area contributed by atoms with E-state index in [-0.39, 0.29) is 17.8 Å². The zero-order chi connectivity index (χ0) is 8.72. The molecule has 1 saturated carbocycles. The normalized spacial score (nSPS) is 47.0. The maximum Gasteiger partial charge on any atom is 0.309 e. The Kier molecular flexibility index (Phi) is 1.81. The number of aliphatic hydroxyl groups excluding tert-OH is 2. The highest BCUT2D eigenvalue weighted by molar-refractivity contribution is 5.75. The van der Waals surface area contributed by atoms with Crippen molar-refractivity contribution < 1.29 is 19.7 Å². The highest BCUT2D eigenvalue weighted by Crippen LogP contribution is 2.35. The molecule has 2 aliphatic rings. The van der Waals surface area contributed by atoms with Gasteiger partial charge in [-0.05, 0) is 12.8 Å². The van der Waals surface area contributed by atoms with Gasteiger partial charge in [-0.3, -0.25) is 4.79 Å². The van der Waals surface area contributed by atoms with Crippen molar-refractivity contribution in [1.82, 2.24) is 0 Å². The summed E-state index contributed by atoms with van der Waals surface area (Å²) in [6.07, 6.45) is -0.597. The predicted molar refractivity (Wildman–Crippen MR) is 39.2 cm³/mol. The Morgan fingerprint density at radius 1 is 1.25 bits per heavy atom. The first-order chi connectivity index (χ1) is 5.68. The third-order valence-corrected chi connectivity index (χ3v) is 2.80. The van der Waals surface area contributed by atoms with Gasteiger partial charge < -0.3 is 14.9 Å². The van der Waals surface area contributed by atoms with E-state index in [0.717, 1.165) is 0 Å². The number of rotatable bonds is 0. The number of fused-ring (bicyclic) bond motifs is 1. The maximum absolute atomic E-state index is 11.0. The summed E-state index contributed by atoms with van der Waals surface area (Å²) in [6, 6.07) is 0. The van der Waals surface area contributed by atoms with Crippen molar-refractivity contribution in [1.29, 1.82) is 0 Å². The van der Waals surface area contributed by atoms with E-state index in [9.17, 15) is 15.0 Å². The third kappa shape index (κ3) is 1.11. The van der Waals surface area contributed by atoms with Crippen molar-refractivity contribution in [2.45, 2.75) is 25.0 Å². The lowest BCUT2D eigenvalue weighted by atomic mass is 9.78. The summed E-state index contributed by atoms with van der Waals surface area (Å²) in [7, 11) is 0. The predicted octanol–water partition coefficient (Wildman–Crippen LogP) is -0.709. The monoisotopic (exact) mass is 172 g/mol. The molecule has 0 aromatic carbocycles. The Balaban J connectivity index is 2.09. The van der Waals surface area contributed by atoms with E-state index in [2.05, 4.69) is 0 Å². The molecule has 4 heteroatoms. The molecular formula is C8H12O4. The molecule has 0 bridgehead atoms. The molecule has 0 aromatic rings. The molecule has 4 nitrogen and oxygen atoms in total. The molecule has 12 heavy (non-hydrogen) atoms. The number of esters is 1. The van der Waals surface area contributed by atoms with Gasteiger partial charge in [-0.1, -0.05) is 0 Å². The summed E-state index contributed by atoms with van der Waals surface area (Å²) >= 11 is 0. The molecule has 2 fully saturated rings. The fraction of sp³-hybridized carbons (Fsp3) is 0.875. The van der Waals surface area contributed by atoms with Gasteiger partial charge in [0.1, 0.15) is 0 Å². The molecule has 1 aliphatic carbocycles. The zero-order valence-corrected chi connectivity index (χ0v) is 6.64. The number of hydrogen-bond donors (Lipinski definition) is 2. The zero-order valence-electron chi connectivity index (χ0n) is 6.64. The summed E-state index contributed by atoms with van der Waals surface area (Å²) in [5.41, 5.74) is 0. The number of carbonyl (C=O) groups is 1. The van der Waals surface area contributed by atoms with Gasteiger partial charge in [0.05, 0.1) is 24.7 Å². The Morgan fingerprint density at radius 2 is 1.92 bits per heavy atom. The SMILES string of the molecule is O=C1OC[C@@H]2C[C@H](O)[C@@H](O)C[C@H]12. The van der Waals surface area contributed by atoms with Crippen LogP contribution in [0.4, 0.5) is 0 Å². The van der Waals surface area contributed by atoms with Crippen molar-refractivity contribution >= 4 is 5.97 Å². The van der Waals surface area contributed by atoms with Crippen LogP contribution in [-0.2, 0) is 9.53 Å². The maximum atomic E-state index is 11.0. The van der Waals surface area contributed by atoms with Gasteiger partial charge in [-0.25, -0.2) is 0 Å². The molecule has 4 atom stereocenters. The van der Waals surface area contributed by atoms with E-state index in [4.69, 9.17) is 4.74 Å². The van der Waals surface area contributed by atoms with Crippen LogP contribution in [0.1, 0.15) is 12.8 Å². The van der Waals surface area contributed by atoms with Gasteiger partial charge >= 0.3 is 5.97 Å². The fourth-order valence-corrected chi connectivity index (χ4v) is 2.01. The van der Waals surface area contributed by atoms with E-state index >= 15 is 0 Å². The molecule has 2 N–H and O–H groups in total. The summed E-state index contributed by atoms with van der Waals surface area (Å²) in [5.74, 6) is -0.273. The lowest BCUT2D eigenvalue weighted by molar-refractivity contribution is -0.143. The first-order valence-corrected chi connectivity index (χ1v) is 4.21. The average molecular weight is 172 g/mol. The highest BCUT2D eigenvalue weighted by atomic mass is 16.5. The minimum atomic E-state index is -0.753. The van der Waals surface area contributed by atoms with Crippen LogP contribution in [0.5, 0.6) is 0 Å². The van der Waals surface area contributed by atoms with Gasteiger partial charge in [0.2, 0.25) is 0 Å². The Morgan fingerprint density at radius 3 is 2.67 bits per heavy atom. The summed E-state index contributed by atoms with van der Waals surface area (Å²) in [5, 5.41) is 18.6. The molecule has 0 radical (unpaired) electrons. The van der Waals surface area contributed by atoms with Crippen LogP contribution in [0.3, 0.4) is 0 Å². The molecular weight excluding hydrogens is 160 g/mol. The second-order valence-corrected chi connectivity index (χ2v) is 3.60. The standard InChI is InChI=1S/C8H12O4/c9-6-1-4-3-12-8(11)5(4)2-7(6)10/h4-7,9-10H,1-3H2/t4-,5-,6-,7-/m0/s1. The first-order valence-electron chi connectivity index (χ1n) is 4.21. The lowest BCUT2D eigenvalue weighted by Crippen LogP contribution is -2.39. The molecule has 2 rings (SSSR count). The van der Waals surface area contributed by atoms with Crippen LogP contribution in [0, 0.1) is 11.8 Å². The topological polar surface area (TPSA) is 66.8 Å². The molecule has 0 unspecified atom stereocenters. The molecule has 0 amide bonds. The van der Waals surface area contributed by atoms with E-state index in [1.807, 2.05) is 0 Å². The fourth-order valence-electron chi connectivity index (χ4n) is 2.01. The van der Waals surface area contributed by atoms with Gasteiger partial charge in [-0.2, -0.15) is 0 Å². The summed E-state index contributed by atoms with van der Waals surface area (Å²) in [4.78, 5) is 11.0. The number of aliphatic hydroxyl groups is 2.